The van der Waals surface area contributed by atoms with Crippen molar-refractivity contribution >= 4 is 17.7 Å². The number of aromatic nitrogens is 5. The number of ether oxygens (including phenoxy) is 1. The molecule has 0 saturated heterocycles. The molecule has 5 aliphatic rings. The van der Waals surface area contributed by atoms with Crippen molar-refractivity contribution in [2.75, 3.05) is 20.6 Å². The second-order valence-corrected chi connectivity index (χ2v) is 21.0. The summed E-state index contributed by atoms with van der Waals surface area (Å²) in [6, 6.07) is 0. The van der Waals surface area contributed by atoms with Gasteiger partial charge in [-0.05, 0) is 130 Å². The number of Topliss-reactive ketones (excluding diaryl/α,β-unsaturated/α-hetero) is 1. The fraction of sp³-hybridized carbons (Fsp3) is 0.756. The summed E-state index contributed by atoms with van der Waals surface area (Å²) in [5.74, 6) is 0.940. The van der Waals surface area contributed by atoms with Gasteiger partial charge in [0.15, 0.2) is 17.4 Å². The standard InChI is InChI=1S/C45H65FN6O5/c1-26(2)34-29(53)22-45(38-50-49-37(52(38)21-20-51(10)11)36-47-24-27(46)25-48-36)19-18-43(8)28(35(34)45)12-13-31-42(7)16-15-32(57-33(54)23-40(3,4)39(55)56)41(5,6)30(42)14-17-44(31,43)9/h24-26,28,30-32H,12-23H2,1-11H3,(H,55,56)/t28-,30+,31-,32+,42+,43-,44-,45-/m1/s1. The lowest BCUT2D eigenvalue weighted by molar-refractivity contribution is -0.232. The Hall–Kier alpha value is -3.54. The highest BCUT2D eigenvalue weighted by molar-refractivity contribution is 6.01. The highest BCUT2D eigenvalue weighted by Gasteiger charge is 2.71. The molecule has 8 atom stereocenters. The van der Waals surface area contributed by atoms with Crippen LogP contribution in [0.25, 0.3) is 11.6 Å². The molecular weight excluding hydrogens is 724 g/mol. The topological polar surface area (TPSA) is 140 Å². The molecule has 0 amide bonds. The van der Waals surface area contributed by atoms with Crippen LogP contribution < -0.4 is 0 Å². The molecule has 312 valence electrons. The molecule has 57 heavy (non-hydrogen) atoms. The number of likely N-dealkylation sites (N-methyl/N-ethyl adjacent to an activating group) is 1. The van der Waals surface area contributed by atoms with Gasteiger partial charge in [0.25, 0.3) is 0 Å². The van der Waals surface area contributed by atoms with Crippen LogP contribution in [-0.4, -0.2) is 79.2 Å². The molecular formula is C45H65FN6O5. The molecule has 0 aliphatic heterocycles. The fourth-order valence-corrected chi connectivity index (χ4v) is 13.5. The van der Waals surface area contributed by atoms with Gasteiger partial charge in [-0.25, -0.2) is 14.4 Å². The van der Waals surface area contributed by atoms with Gasteiger partial charge in [-0.1, -0.05) is 48.5 Å². The van der Waals surface area contributed by atoms with Crippen molar-refractivity contribution in [2.24, 2.45) is 50.7 Å². The predicted octanol–water partition coefficient (Wildman–Crippen LogP) is 8.08. The van der Waals surface area contributed by atoms with Crippen molar-refractivity contribution in [1.82, 2.24) is 29.6 Å². The molecule has 0 radical (unpaired) electrons. The SMILES string of the molecule is CC(C)C1=C2[C@H]3CC[C@@H]4[C@@]5(C)CC[C@H](OC(=O)CC(C)(C)C(=O)O)C(C)(C)[C@@H]5CC[C@@]4(C)[C@]3(C)CC[C@@]2(c2nnc(-c3ncc(F)cn3)n2CCN(C)C)CC1=O. The maximum atomic E-state index is 14.5. The van der Waals surface area contributed by atoms with E-state index in [-0.39, 0.29) is 51.8 Å². The van der Waals surface area contributed by atoms with Gasteiger partial charge in [-0.2, -0.15) is 0 Å². The quantitative estimate of drug-likeness (QED) is 0.235. The summed E-state index contributed by atoms with van der Waals surface area (Å²) in [6.07, 6.45) is 9.87. The van der Waals surface area contributed by atoms with E-state index in [1.54, 1.807) is 13.8 Å². The van der Waals surface area contributed by atoms with Crippen LogP contribution in [0.5, 0.6) is 0 Å². The van der Waals surface area contributed by atoms with Crippen LogP contribution in [0.3, 0.4) is 0 Å². The maximum absolute atomic E-state index is 14.5. The summed E-state index contributed by atoms with van der Waals surface area (Å²) < 4.78 is 22.3. The van der Waals surface area contributed by atoms with Crippen LogP contribution in [0.15, 0.2) is 23.5 Å². The van der Waals surface area contributed by atoms with Gasteiger partial charge >= 0.3 is 11.9 Å². The van der Waals surface area contributed by atoms with E-state index < -0.39 is 28.6 Å². The number of carboxylic acids is 1. The number of allylic oxidation sites excluding steroid dienone is 2. The molecule has 4 fully saturated rings. The molecule has 12 heteroatoms. The minimum atomic E-state index is -1.18. The summed E-state index contributed by atoms with van der Waals surface area (Å²) >= 11 is 0. The second kappa shape index (κ2) is 14.0. The van der Waals surface area contributed by atoms with Crippen LogP contribution in [0.4, 0.5) is 4.39 Å². The third-order valence-corrected chi connectivity index (χ3v) is 16.6. The second-order valence-electron chi connectivity index (χ2n) is 21.0. The van der Waals surface area contributed by atoms with Crippen molar-refractivity contribution in [3.05, 3.63) is 35.2 Å². The van der Waals surface area contributed by atoms with E-state index in [0.717, 1.165) is 81.7 Å². The average molecular weight is 789 g/mol. The number of nitrogens with zero attached hydrogens (tertiary/aromatic N) is 6. The number of carbonyl (C=O) groups is 3. The summed E-state index contributed by atoms with van der Waals surface area (Å²) in [5, 5.41) is 19.3. The molecule has 0 spiro atoms. The van der Waals surface area contributed by atoms with E-state index in [4.69, 9.17) is 14.9 Å². The van der Waals surface area contributed by atoms with Crippen LogP contribution >= 0.6 is 0 Å². The number of carboxylic acid groups (broad SMARTS) is 1. The number of fused-ring (bicyclic) bond motifs is 7. The Morgan fingerprint density at radius 1 is 0.965 bits per heavy atom. The Balaban J connectivity index is 1.25. The Labute approximate surface area is 338 Å². The summed E-state index contributed by atoms with van der Waals surface area (Å²) in [6.45, 7) is 20.9. The number of ketones is 1. The van der Waals surface area contributed by atoms with Crippen molar-refractivity contribution in [2.45, 2.75) is 145 Å². The lowest BCUT2D eigenvalue weighted by Crippen LogP contribution is -2.66. The summed E-state index contributed by atoms with van der Waals surface area (Å²) in [4.78, 5) is 50.2. The number of aliphatic carboxylic acids is 1. The number of esters is 1. The molecule has 2 heterocycles. The van der Waals surface area contributed by atoms with E-state index in [2.05, 4.69) is 67.9 Å². The molecule has 0 aromatic carbocycles. The molecule has 0 bridgehead atoms. The third-order valence-electron chi connectivity index (χ3n) is 16.6. The predicted molar refractivity (Wildman–Crippen MR) is 214 cm³/mol. The first-order valence-corrected chi connectivity index (χ1v) is 21.3. The van der Waals surface area contributed by atoms with Crippen LogP contribution in [0, 0.1) is 56.6 Å². The molecule has 4 saturated carbocycles. The van der Waals surface area contributed by atoms with Crippen molar-refractivity contribution < 1.29 is 28.6 Å². The van der Waals surface area contributed by atoms with Crippen LogP contribution in [0.1, 0.15) is 132 Å². The Bertz CT molecular complexity index is 1970. The maximum Gasteiger partial charge on any atom is 0.309 e. The average Bonchev–Trinajstić information content (AvgIpc) is 3.68. The lowest BCUT2D eigenvalue weighted by atomic mass is 9.33. The van der Waals surface area contributed by atoms with Gasteiger partial charge in [0.05, 0.1) is 29.6 Å². The van der Waals surface area contributed by atoms with Crippen molar-refractivity contribution in [3.63, 3.8) is 0 Å². The van der Waals surface area contributed by atoms with E-state index in [1.165, 1.54) is 5.57 Å². The first kappa shape index (κ1) is 41.6. The fourth-order valence-electron chi connectivity index (χ4n) is 13.5. The molecule has 2 aromatic rings. The first-order valence-electron chi connectivity index (χ1n) is 21.3. The molecule has 2 aromatic heterocycles. The number of rotatable bonds is 10. The van der Waals surface area contributed by atoms with Gasteiger partial charge < -0.3 is 19.3 Å². The zero-order valence-electron chi connectivity index (χ0n) is 36.2. The van der Waals surface area contributed by atoms with Gasteiger partial charge in [0.2, 0.25) is 5.82 Å². The molecule has 5 aliphatic carbocycles. The molecule has 1 N–H and O–H groups in total. The van der Waals surface area contributed by atoms with E-state index in [0.29, 0.717) is 36.5 Å². The van der Waals surface area contributed by atoms with Crippen molar-refractivity contribution in [1.29, 1.82) is 0 Å². The summed E-state index contributed by atoms with van der Waals surface area (Å²) in [7, 11) is 4.06. The Morgan fingerprint density at radius 2 is 1.65 bits per heavy atom. The number of carbonyl (C=O) groups excluding carboxylic acids is 2. The number of hydrogen-bond donors (Lipinski definition) is 1. The van der Waals surface area contributed by atoms with E-state index in [1.807, 2.05) is 14.1 Å². The highest BCUT2D eigenvalue weighted by atomic mass is 19.1. The normalized spacial score (nSPS) is 34.8. The number of halogens is 1. The molecule has 7 rings (SSSR count). The van der Waals surface area contributed by atoms with E-state index in [9.17, 15) is 23.9 Å². The van der Waals surface area contributed by atoms with Gasteiger partial charge in [-0.3, -0.25) is 14.4 Å². The van der Waals surface area contributed by atoms with Crippen LogP contribution in [-0.2, 0) is 31.1 Å². The zero-order chi connectivity index (χ0) is 41.7. The lowest BCUT2D eigenvalue weighted by Gasteiger charge is -2.72. The first-order chi connectivity index (χ1) is 26.5. The smallest absolute Gasteiger partial charge is 0.309 e. The Kier molecular flexibility index (Phi) is 10.3. The molecule has 0 unspecified atom stereocenters. The minimum Gasteiger partial charge on any atom is -0.481 e. The monoisotopic (exact) mass is 789 g/mol. The largest absolute Gasteiger partial charge is 0.481 e. The number of hydrogen-bond acceptors (Lipinski definition) is 9. The van der Waals surface area contributed by atoms with Gasteiger partial charge in [-0.15, -0.1) is 10.2 Å². The summed E-state index contributed by atoms with van der Waals surface area (Å²) in [5.41, 5.74) is 0.175. The Morgan fingerprint density at radius 3 is 2.28 bits per heavy atom. The highest BCUT2D eigenvalue weighted by Crippen LogP contribution is 2.76. The van der Waals surface area contributed by atoms with Gasteiger partial charge in [0, 0.05) is 24.9 Å². The molecule has 11 nitrogen and oxygen atoms in total. The zero-order valence-corrected chi connectivity index (χ0v) is 36.2. The van der Waals surface area contributed by atoms with Crippen molar-refractivity contribution in [3.8, 4) is 11.6 Å². The van der Waals surface area contributed by atoms with Crippen LogP contribution in [0.2, 0.25) is 0 Å². The van der Waals surface area contributed by atoms with E-state index >= 15 is 0 Å². The minimum absolute atomic E-state index is 0.00483. The third kappa shape index (κ3) is 6.31. The van der Waals surface area contributed by atoms with Gasteiger partial charge in [0.1, 0.15) is 11.9 Å².